The van der Waals surface area contributed by atoms with Gasteiger partial charge in [0.25, 0.3) is 0 Å². The van der Waals surface area contributed by atoms with Crippen molar-refractivity contribution >= 4 is 11.8 Å². The van der Waals surface area contributed by atoms with Crippen LogP contribution in [0.2, 0.25) is 0 Å². The van der Waals surface area contributed by atoms with Crippen molar-refractivity contribution in [2.45, 2.75) is 38.7 Å². The zero-order valence-corrected chi connectivity index (χ0v) is 8.07. The molecule has 1 saturated heterocycles. The summed E-state index contributed by atoms with van der Waals surface area (Å²) in [6.45, 7) is 2.18. The van der Waals surface area contributed by atoms with Gasteiger partial charge in [0.2, 0.25) is 0 Å². The summed E-state index contributed by atoms with van der Waals surface area (Å²) in [6.07, 6.45) is 4.63. The fraction of sp³-hybridized carbons (Fsp3) is 1.00. The van der Waals surface area contributed by atoms with Crippen molar-refractivity contribution in [1.82, 2.24) is 0 Å². The van der Waals surface area contributed by atoms with Crippen LogP contribution in [0.5, 0.6) is 0 Å². The molecule has 0 radical (unpaired) electrons. The second-order valence-corrected chi connectivity index (χ2v) is 4.48. The monoisotopic (exact) mass is 174 g/mol. The van der Waals surface area contributed by atoms with Gasteiger partial charge in [0.05, 0.1) is 6.10 Å². The molecule has 0 aromatic carbocycles. The first-order valence-electron chi connectivity index (χ1n) is 4.60. The summed E-state index contributed by atoms with van der Waals surface area (Å²) < 4.78 is 0. The normalized spacial score (nSPS) is 27.3. The quantitative estimate of drug-likeness (QED) is 0.705. The van der Waals surface area contributed by atoms with Gasteiger partial charge < -0.3 is 5.11 Å². The van der Waals surface area contributed by atoms with Gasteiger partial charge in [-0.15, -0.1) is 0 Å². The van der Waals surface area contributed by atoms with Crippen LogP contribution in [0.3, 0.4) is 0 Å². The van der Waals surface area contributed by atoms with Crippen molar-refractivity contribution in [2.75, 3.05) is 11.5 Å². The summed E-state index contributed by atoms with van der Waals surface area (Å²) in [5, 5.41) is 9.67. The van der Waals surface area contributed by atoms with Gasteiger partial charge in [0.15, 0.2) is 0 Å². The first-order valence-corrected chi connectivity index (χ1v) is 5.76. The maximum atomic E-state index is 9.67. The summed E-state index contributed by atoms with van der Waals surface area (Å²) in [5.41, 5.74) is 0. The lowest BCUT2D eigenvalue weighted by molar-refractivity contribution is 0.108. The summed E-state index contributed by atoms with van der Waals surface area (Å²) in [4.78, 5) is 0. The Hall–Kier alpha value is 0.310. The Morgan fingerprint density at radius 3 is 3.00 bits per heavy atom. The SMILES string of the molecule is CCCCC(O)C1CCSC1. The van der Waals surface area contributed by atoms with E-state index in [1.807, 2.05) is 11.8 Å². The van der Waals surface area contributed by atoms with E-state index in [1.54, 1.807) is 0 Å². The van der Waals surface area contributed by atoms with E-state index in [-0.39, 0.29) is 6.10 Å². The van der Waals surface area contributed by atoms with Gasteiger partial charge in [-0.05, 0) is 30.3 Å². The van der Waals surface area contributed by atoms with Gasteiger partial charge in [-0.1, -0.05) is 19.8 Å². The van der Waals surface area contributed by atoms with E-state index < -0.39 is 0 Å². The molecule has 0 amide bonds. The highest BCUT2D eigenvalue weighted by Crippen LogP contribution is 2.27. The zero-order valence-electron chi connectivity index (χ0n) is 7.25. The maximum absolute atomic E-state index is 9.67. The van der Waals surface area contributed by atoms with E-state index in [2.05, 4.69) is 6.92 Å². The lowest BCUT2D eigenvalue weighted by Gasteiger charge is -2.15. The summed E-state index contributed by atoms with van der Waals surface area (Å²) in [5.74, 6) is 3.05. The van der Waals surface area contributed by atoms with E-state index in [0.29, 0.717) is 5.92 Å². The lowest BCUT2D eigenvalue weighted by atomic mass is 9.97. The van der Waals surface area contributed by atoms with Crippen LogP contribution in [0.1, 0.15) is 32.6 Å². The molecule has 0 aromatic heterocycles. The molecular weight excluding hydrogens is 156 g/mol. The van der Waals surface area contributed by atoms with Crippen molar-refractivity contribution in [1.29, 1.82) is 0 Å². The largest absolute Gasteiger partial charge is 0.393 e. The van der Waals surface area contributed by atoms with Gasteiger partial charge in [0, 0.05) is 0 Å². The number of unbranched alkanes of at least 4 members (excludes halogenated alkanes) is 1. The summed E-state index contributed by atoms with van der Waals surface area (Å²) in [6, 6.07) is 0. The van der Waals surface area contributed by atoms with Crippen LogP contribution in [0, 0.1) is 5.92 Å². The molecule has 1 fully saturated rings. The third-order valence-electron chi connectivity index (χ3n) is 2.36. The molecule has 2 atom stereocenters. The van der Waals surface area contributed by atoms with Crippen LogP contribution in [0.15, 0.2) is 0 Å². The van der Waals surface area contributed by atoms with Crippen LogP contribution >= 0.6 is 11.8 Å². The minimum Gasteiger partial charge on any atom is -0.393 e. The van der Waals surface area contributed by atoms with Crippen molar-refractivity contribution in [2.24, 2.45) is 5.92 Å². The second-order valence-electron chi connectivity index (χ2n) is 3.33. The number of thioether (sulfide) groups is 1. The van der Waals surface area contributed by atoms with Gasteiger partial charge >= 0.3 is 0 Å². The molecule has 0 saturated carbocycles. The minimum absolute atomic E-state index is 0.00931. The Balaban J connectivity index is 2.12. The maximum Gasteiger partial charge on any atom is 0.0576 e. The van der Waals surface area contributed by atoms with Gasteiger partial charge in [-0.3, -0.25) is 0 Å². The van der Waals surface area contributed by atoms with Crippen molar-refractivity contribution < 1.29 is 5.11 Å². The smallest absolute Gasteiger partial charge is 0.0576 e. The van der Waals surface area contributed by atoms with Crippen LogP contribution in [0.4, 0.5) is 0 Å². The second kappa shape index (κ2) is 5.04. The fourth-order valence-electron chi connectivity index (χ4n) is 1.51. The van der Waals surface area contributed by atoms with Gasteiger partial charge in [-0.2, -0.15) is 11.8 Å². The van der Waals surface area contributed by atoms with Crippen LogP contribution in [0.25, 0.3) is 0 Å². The average Bonchev–Trinajstić information content (AvgIpc) is 2.52. The molecular formula is C9H18OS. The predicted molar refractivity (Wildman–Crippen MR) is 51.0 cm³/mol. The Bertz CT molecular complexity index is 99.7. The summed E-state index contributed by atoms with van der Waals surface area (Å²) >= 11 is 1.98. The summed E-state index contributed by atoms with van der Waals surface area (Å²) in [7, 11) is 0. The molecule has 2 heteroatoms. The molecule has 1 aliphatic heterocycles. The van der Waals surface area contributed by atoms with E-state index in [1.165, 1.54) is 30.8 Å². The van der Waals surface area contributed by atoms with E-state index >= 15 is 0 Å². The topological polar surface area (TPSA) is 20.2 Å². The molecule has 1 nitrogen and oxygen atoms in total. The molecule has 11 heavy (non-hydrogen) atoms. The number of hydrogen-bond donors (Lipinski definition) is 1. The Labute approximate surface area is 73.6 Å². The molecule has 0 spiro atoms. The Morgan fingerprint density at radius 1 is 1.64 bits per heavy atom. The first kappa shape index (κ1) is 9.40. The van der Waals surface area contributed by atoms with Gasteiger partial charge in [-0.25, -0.2) is 0 Å². The Kier molecular flexibility index (Phi) is 4.31. The molecule has 0 aromatic rings. The minimum atomic E-state index is -0.00931. The van der Waals surface area contributed by atoms with Crippen LogP contribution in [-0.4, -0.2) is 22.7 Å². The number of hydrogen-bond acceptors (Lipinski definition) is 2. The molecule has 0 aliphatic carbocycles. The number of rotatable bonds is 4. The van der Waals surface area contributed by atoms with E-state index in [4.69, 9.17) is 0 Å². The molecule has 2 unspecified atom stereocenters. The molecule has 0 bridgehead atoms. The van der Waals surface area contributed by atoms with Crippen molar-refractivity contribution in [3.05, 3.63) is 0 Å². The molecule has 1 N–H and O–H groups in total. The predicted octanol–water partition coefficient (Wildman–Crippen LogP) is 2.29. The van der Waals surface area contributed by atoms with Crippen LogP contribution < -0.4 is 0 Å². The lowest BCUT2D eigenvalue weighted by Crippen LogP contribution is -2.19. The van der Waals surface area contributed by atoms with Crippen molar-refractivity contribution in [3.63, 3.8) is 0 Å². The Morgan fingerprint density at radius 2 is 2.45 bits per heavy atom. The molecule has 66 valence electrons. The molecule has 1 rings (SSSR count). The fourth-order valence-corrected chi connectivity index (χ4v) is 2.83. The third-order valence-corrected chi connectivity index (χ3v) is 3.55. The van der Waals surface area contributed by atoms with Gasteiger partial charge in [0.1, 0.15) is 0 Å². The molecule has 1 aliphatic rings. The highest BCUT2D eigenvalue weighted by molar-refractivity contribution is 7.99. The number of aliphatic hydroxyl groups excluding tert-OH is 1. The first-order chi connectivity index (χ1) is 5.34. The van der Waals surface area contributed by atoms with Crippen molar-refractivity contribution in [3.8, 4) is 0 Å². The average molecular weight is 174 g/mol. The third kappa shape index (κ3) is 3.04. The van der Waals surface area contributed by atoms with E-state index in [9.17, 15) is 5.11 Å². The standard InChI is InChI=1S/C9H18OS/c1-2-3-4-9(10)8-5-6-11-7-8/h8-10H,2-7H2,1H3. The van der Waals surface area contributed by atoms with E-state index in [0.717, 1.165) is 6.42 Å². The zero-order chi connectivity index (χ0) is 8.10. The highest BCUT2D eigenvalue weighted by Gasteiger charge is 2.22. The highest BCUT2D eigenvalue weighted by atomic mass is 32.2. The number of aliphatic hydroxyl groups is 1. The molecule has 1 heterocycles. The van der Waals surface area contributed by atoms with Crippen LogP contribution in [-0.2, 0) is 0 Å².